The van der Waals surface area contributed by atoms with Crippen molar-refractivity contribution < 1.29 is 13.7 Å². The number of carbonyl (C=O) groups is 1. The van der Waals surface area contributed by atoms with Gasteiger partial charge in [-0.05, 0) is 36.1 Å². The van der Waals surface area contributed by atoms with Crippen molar-refractivity contribution in [1.82, 2.24) is 10.5 Å². The average molecular weight is 331 g/mol. The monoisotopic (exact) mass is 331 g/mol. The standard InChI is InChI=1S/C16H14FN3O2S/c1-10-9-14(20-22-10)18-16(21)19-15(13-3-2-8-23-13)11-4-6-12(17)7-5-11/h2-9,15H,1H3,(H2,18,19,20,21)/t15-/m0/s1. The van der Waals surface area contributed by atoms with Crippen LogP contribution in [0, 0.1) is 12.7 Å². The highest BCUT2D eigenvalue weighted by atomic mass is 32.1. The lowest BCUT2D eigenvalue weighted by molar-refractivity contribution is 0.250. The van der Waals surface area contributed by atoms with Gasteiger partial charge in [0.05, 0.1) is 6.04 Å². The van der Waals surface area contributed by atoms with Gasteiger partial charge in [-0.2, -0.15) is 0 Å². The third-order valence-corrected chi connectivity index (χ3v) is 4.11. The number of benzene rings is 1. The molecular weight excluding hydrogens is 317 g/mol. The minimum Gasteiger partial charge on any atom is -0.360 e. The summed E-state index contributed by atoms with van der Waals surface area (Å²) in [6.07, 6.45) is 0. The van der Waals surface area contributed by atoms with E-state index in [0.717, 1.165) is 10.4 Å². The molecule has 0 radical (unpaired) electrons. The van der Waals surface area contributed by atoms with Gasteiger partial charge < -0.3 is 9.84 Å². The maximum Gasteiger partial charge on any atom is 0.321 e. The third-order valence-electron chi connectivity index (χ3n) is 3.18. The molecule has 5 nitrogen and oxygen atoms in total. The molecule has 0 aliphatic heterocycles. The lowest BCUT2D eigenvalue weighted by Gasteiger charge is -2.18. The van der Waals surface area contributed by atoms with Crippen molar-refractivity contribution in [2.75, 3.05) is 5.32 Å². The zero-order valence-electron chi connectivity index (χ0n) is 12.2. The summed E-state index contributed by atoms with van der Waals surface area (Å²) in [5.41, 5.74) is 0.792. The highest BCUT2D eigenvalue weighted by molar-refractivity contribution is 7.10. The predicted octanol–water partition coefficient (Wildman–Crippen LogP) is 4.09. The van der Waals surface area contributed by atoms with E-state index in [9.17, 15) is 9.18 Å². The Labute approximate surface area is 136 Å². The fourth-order valence-electron chi connectivity index (χ4n) is 2.14. The van der Waals surface area contributed by atoms with Gasteiger partial charge in [0.1, 0.15) is 11.6 Å². The van der Waals surface area contributed by atoms with Crippen LogP contribution in [0.5, 0.6) is 0 Å². The van der Waals surface area contributed by atoms with Gasteiger partial charge in [-0.3, -0.25) is 5.32 Å². The number of halogens is 1. The number of thiophene rings is 1. The van der Waals surface area contributed by atoms with E-state index in [2.05, 4.69) is 15.8 Å². The van der Waals surface area contributed by atoms with Gasteiger partial charge in [0.2, 0.25) is 0 Å². The van der Waals surface area contributed by atoms with Crippen molar-refractivity contribution >= 4 is 23.2 Å². The Morgan fingerprint density at radius 2 is 2.09 bits per heavy atom. The van der Waals surface area contributed by atoms with E-state index >= 15 is 0 Å². The zero-order chi connectivity index (χ0) is 16.2. The first kappa shape index (κ1) is 15.2. The molecular formula is C16H14FN3O2S. The summed E-state index contributed by atoms with van der Waals surface area (Å²) in [6, 6.07) is 10.7. The summed E-state index contributed by atoms with van der Waals surface area (Å²) in [5, 5.41) is 11.1. The number of hydrogen-bond donors (Lipinski definition) is 2. The van der Waals surface area contributed by atoms with Gasteiger partial charge in [-0.1, -0.05) is 23.4 Å². The summed E-state index contributed by atoms with van der Waals surface area (Å²) in [5.74, 6) is 0.624. The number of nitrogens with zero attached hydrogens (tertiary/aromatic N) is 1. The average Bonchev–Trinajstić information content (AvgIpc) is 3.18. The molecule has 0 saturated carbocycles. The number of rotatable bonds is 4. The molecule has 0 bridgehead atoms. The number of amides is 2. The fraction of sp³-hybridized carbons (Fsp3) is 0.125. The lowest BCUT2D eigenvalue weighted by Crippen LogP contribution is -2.32. The molecule has 2 amide bonds. The van der Waals surface area contributed by atoms with Crippen LogP contribution in [0.15, 0.2) is 52.4 Å². The molecule has 0 spiro atoms. The molecule has 2 N–H and O–H groups in total. The van der Waals surface area contributed by atoms with Crippen LogP contribution in [-0.4, -0.2) is 11.2 Å². The molecule has 2 aromatic heterocycles. The SMILES string of the molecule is Cc1cc(NC(=O)N[C@@H](c2ccc(F)cc2)c2cccs2)no1. The maximum atomic E-state index is 13.1. The number of carbonyl (C=O) groups excluding carboxylic acids is 1. The molecule has 3 aromatic rings. The van der Waals surface area contributed by atoms with Gasteiger partial charge in [0.25, 0.3) is 0 Å². The predicted molar refractivity (Wildman–Crippen MR) is 86.0 cm³/mol. The summed E-state index contributed by atoms with van der Waals surface area (Å²) in [7, 11) is 0. The van der Waals surface area contributed by atoms with E-state index in [1.807, 2.05) is 17.5 Å². The Morgan fingerprint density at radius 1 is 1.30 bits per heavy atom. The number of aromatic nitrogens is 1. The number of hydrogen-bond acceptors (Lipinski definition) is 4. The second kappa shape index (κ2) is 6.62. The van der Waals surface area contributed by atoms with Gasteiger partial charge in [0.15, 0.2) is 5.82 Å². The van der Waals surface area contributed by atoms with Gasteiger partial charge in [-0.15, -0.1) is 11.3 Å². The van der Waals surface area contributed by atoms with Crippen LogP contribution in [0.1, 0.15) is 22.2 Å². The highest BCUT2D eigenvalue weighted by Crippen LogP contribution is 2.26. The van der Waals surface area contributed by atoms with Crippen molar-refractivity contribution in [2.24, 2.45) is 0 Å². The van der Waals surface area contributed by atoms with Crippen LogP contribution in [0.3, 0.4) is 0 Å². The van der Waals surface area contributed by atoms with Crippen LogP contribution in [0.2, 0.25) is 0 Å². The quantitative estimate of drug-likeness (QED) is 0.756. The Balaban J connectivity index is 1.78. The molecule has 0 saturated heterocycles. The molecule has 7 heteroatoms. The van der Waals surface area contributed by atoms with E-state index < -0.39 is 6.03 Å². The van der Waals surface area contributed by atoms with Crippen molar-refractivity contribution in [3.8, 4) is 0 Å². The summed E-state index contributed by atoms with van der Waals surface area (Å²) >= 11 is 1.51. The first-order valence-electron chi connectivity index (χ1n) is 6.91. The van der Waals surface area contributed by atoms with Crippen LogP contribution in [0.25, 0.3) is 0 Å². The Bertz CT molecular complexity index is 784. The van der Waals surface area contributed by atoms with Crippen molar-refractivity contribution in [2.45, 2.75) is 13.0 Å². The number of aryl methyl sites for hydroxylation is 1. The van der Waals surface area contributed by atoms with Gasteiger partial charge in [-0.25, -0.2) is 9.18 Å². The minimum atomic E-state index is -0.416. The summed E-state index contributed by atoms with van der Waals surface area (Å²) in [4.78, 5) is 13.1. The normalized spacial score (nSPS) is 11.9. The molecule has 118 valence electrons. The van der Waals surface area contributed by atoms with Crippen LogP contribution >= 0.6 is 11.3 Å². The Kier molecular flexibility index (Phi) is 4.38. The first-order valence-corrected chi connectivity index (χ1v) is 7.79. The van der Waals surface area contributed by atoms with E-state index in [1.54, 1.807) is 25.1 Å². The molecule has 3 rings (SSSR count). The molecule has 0 aliphatic carbocycles. The summed E-state index contributed by atoms with van der Waals surface area (Å²) < 4.78 is 18.0. The highest BCUT2D eigenvalue weighted by Gasteiger charge is 2.18. The molecule has 23 heavy (non-hydrogen) atoms. The number of anilines is 1. The smallest absolute Gasteiger partial charge is 0.321 e. The molecule has 0 aliphatic rings. The third kappa shape index (κ3) is 3.75. The largest absolute Gasteiger partial charge is 0.360 e. The summed E-state index contributed by atoms with van der Waals surface area (Å²) in [6.45, 7) is 1.74. The van der Waals surface area contributed by atoms with Crippen LogP contribution in [-0.2, 0) is 0 Å². The van der Waals surface area contributed by atoms with Gasteiger partial charge >= 0.3 is 6.03 Å². The topological polar surface area (TPSA) is 67.2 Å². The molecule has 0 fully saturated rings. The fourth-order valence-corrected chi connectivity index (χ4v) is 2.94. The van der Waals surface area contributed by atoms with E-state index in [0.29, 0.717) is 11.6 Å². The Hall–Kier alpha value is -2.67. The van der Waals surface area contributed by atoms with E-state index in [1.165, 1.54) is 23.5 Å². The first-order chi connectivity index (χ1) is 11.1. The molecule has 2 heterocycles. The van der Waals surface area contributed by atoms with Crippen LogP contribution < -0.4 is 10.6 Å². The van der Waals surface area contributed by atoms with E-state index in [-0.39, 0.29) is 11.9 Å². The second-order valence-electron chi connectivity index (χ2n) is 4.92. The van der Waals surface area contributed by atoms with Crippen LogP contribution in [0.4, 0.5) is 15.0 Å². The second-order valence-corrected chi connectivity index (χ2v) is 5.90. The van der Waals surface area contributed by atoms with Crippen molar-refractivity contribution in [1.29, 1.82) is 0 Å². The minimum absolute atomic E-state index is 0.318. The lowest BCUT2D eigenvalue weighted by atomic mass is 10.1. The number of nitrogens with one attached hydrogen (secondary N) is 2. The molecule has 1 atom stereocenters. The van der Waals surface area contributed by atoms with Crippen molar-refractivity contribution in [3.05, 3.63) is 69.9 Å². The zero-order valence-corrected chi connectivity index (χ0v) is 13.1. The Morgan fingerprint density at radius 3 is 2.70 bits per heavy atom. The maximum absolute atomic E-state index is 13.1. The van der Waals surface area contributed by atoms with Gasteiger partial charge in [0, 0.05) is 10.9 Å². The van der Waals surface area contributed by atoms with Crippen molar-refractivity contribution in [3.63, 3.8) is 0 Å². The molecule has 1 aromatic carbocycles. The van der Waals surface area contributed by atoms with E-state index in [4.69, 9.17) is 4.52 Å². The number of urea groups is 1. The molecule has 0 unspecified atom stereocenters.